The Kier molecular flexibility index (Phi) is 4.73. The first-order valence-corrected chi connectivity index (χ1v) is 10.4. The Bertz CT molecular complexity index is 1270. The molecule has 1 aliphatic rings. The van der Waals surface area contributed by atoms with E-state index in [-0.39, 0.29) is 23.9 Å². The van der Waals surface area contributed by atoms with Crippen molar-refractivity contribution in [1.82, 2.24) is 25.0 Å². The Labute approximate surface area is 175 Å². The quantitative estimate of drug-likeness (QED) is 0.525. The van der Waals surface area contributed by atoms with E-state index in [9.17, 15) is 9.18 Å². The molecule has 1 saturated heterocycles. The summed E-state index contributed by atoms with van der Waals surface area (Å²) >= 11 is 1.44. The van der Waals surface area contributed by atoms with Gasteiger partial charge in [-0.2, -0.15) is 0 Å². The lowest BCUT2D eigenvalue weighted by molar-refractivity contribution is 0.0958. The normalized spacial score (nSPS) is 19.0. The number of nitrogens with one attached hydrogen (secondary N) is 2. The molecule has 3 aromatic heterocycles. The maximum atomic E-state index is 14.9. The Hall–Kier alpha value is -2.88. The molecule has 0 bridgehead atoms. The van der Waals surface area contributed by atoms with E-state index in [0.717, 1.165) is 33.7 Å². The molecule has 5 rings (SSSR count). The standard InChI is InChI=1S/C21H20FN5O2S/c1-23-20(28)16-7-19-18(9-25-16)27-10-17(26-21(27)30-19)13-4-3-11(5-14(13)22)15-6-12(29-2)8-24-15/h3-5,7,9-10,12,15,24H,6,8H2,1-2H3,(H,23,28). The van der Waals surface area contributed by atoms with E-state index < -0.39 is 0 Å². The Morgan fingerprint density at radius 2 is 2.27 bits per heavy atom. The first-order chi connectivity index (χ1) is 14.6. The number of thiazole rings is 1. The molecule has 0 spiro atoms. The van der Waals surface area contributed by atoms with E-state index in [2.05, 4.69) is 20.6 Å². The van der Waals surface area contributed by atoms with E-state index >= 15 is 0 Å². The van der Waals surface area contributed by atoms with E-state index in [0.29, 0.717) is 17.0 Å². The second-order valence-electron chi connectivity index (χ2n) is 7.29. The second-order valence-corrected chi connectivity index (χ2v) is 8.30. The number of aromatic nitrogens is 3. The monoisotopic (exact) mass is 425 g/mol. The molecule has 2 N–H and O–H groups in total. The number of carbonyl (C=O) groups excluding carboxylic acids is 1. The van der Waals surface area contributed by atoms with Crippen LogP contribution in [0.25, 0.3) is 26.4 Å². The summed E-state index contributed by atoms with van der Waals surface area (Å²) in [6.07, 6.45) is 4.43. The minimum absolute atomic E-state index is 0.0912. The van der Waals surface area contributed by atoms with Gasteiger partial charge in [0.25, 0.3) is 5.91 Å². The summed E-state index contributed by atoms with van der Waals surface area (Å²) in [6, 6.07) is 7.13. The summed E-state index contributed by atoms with van der Waals surface area (Å²) in [4.78, 5) is 21.4. The molecule has 2 unspecified atom stereocenters. The number of hydrogen-bond acceptors (Lipinski definition) is 6. The third kappa shape index (κ3) is 3.15. The van der Waals surface area contributed by atoms with Crippen LogP contribution < -0.4 is 10.6 Å². The fourth-order valence-electron chi connectivity index (χ4n) is 3.87. The summed E-state index contributed by atoms with van der Waals surface area (Å²) in [6.45, 7) is 0.768. The average Bonchev–Trinajstić information content (AvgIpc) is 3.46. The number of nitrogens with zero attached hydrogens (tertiary/aromatic N) is 3. The molecule has 1 aromatic carbocycles. The molecular weight excluding hydrogens is 405 g/mol. The molecule has 9 heteroatoms. The SMILES string of the molecule is CNC(=O)c1cc2sc3nc(-c4ccc(C5CC(OC)CN5)cc4F)cn3c2cn1. The number of ether oxygens (including phenoxy) is 1. The van der Waals surface area contributed by atoms with Crippen LogP contribution in [0.4, 0.5) is 4.39 Å². The van der Waals surface area contributed by atoms with Crippen molar-refractivity contribution in [2.75, 3.05) is 20.7 Å². The molecule has 154 valence electrons. The van der Waals surface area contributed by atoms with Gasteiger partial charge in [0.2, 0.25) is 0 Å². The summed E-state index contributed by atoms with van der Waals surface area (Å²) in [5.41, 5.74) is 3.12. The predicted molar refractivity (Wildman–Crippen MR) is 113 cm³/mol. The number of pyridine rings is 1. The van der Waals surface area contributed by atoms with E-state index in [4.69, 9.17) is 4.74 Å². The number of benzene rings is 1. The minimum atomic E-state index is -0.301. The lowest BCUT2D eigenvalue weighted by atomic mass is 10.0. The van der Waals surface area contributed by atoms with Crippen molar-refractivity contribution in [3.05, 3.63) is 53.7 Å². The van der Waals surface area contributed by atoms with Gasteiger partial charge in [0.05, 0.1) is 28.2 Å². The number of fused-ring (bicyclic) bond motifs is 3. The highest BCUT2D eigenvalue weighted by Crippen LogP contribution is 2.32. The number of carbonyl (C=O) groups is 1. The molecule has 0 radical (unpaired) electrons. The van der Waals surface area contributed by atoms with Crippen LogP contribution in [0, 0.1) is 5.82 Å². The van der Waals surface area contributed by atoms with Crippen molar-refractivity contribution >= 4 is 32.4 Å². The first-order valence-electron chi connectivity index (χ1n) is 9.63. The lowest BCUT2D eigenvalue weighted by Crippen LogP contribution is -2.18. The highest BCUT2D eigenvalue weighted by molar-refractivity contribution is 7.23. The van der Waals surface area contributed by atoms with Gasteiger partial charge in [-0.25, -0.2) is 14.4 Å². The Morgan fingerprint density at radius 3 is 3.00 bits per heavy atom. The van der Waals surface area contributed by atoms with Crippen LogP contribution in [0.3, 0.4) is 0 Å². The van der Waals surface area contributed by atoms with Crippen molar-refractivity contribution in [1.29, 1.82) is 0 Å². The van der Waals surface area contributed by atoms with Crippen LogP contribution in [0.2, 0.25) is 0 Å². The summed E-state index contributed by atoms with van der Waals surface area (Å²) in [7, 11) is 3.27. The van der Waals surface area contributed by atoms with Gasteiger partial charge in [-0.05, 0) is 30.2 Å². The minimum Gasteiger partial charge on any atom is -0.380 e. The summed E-state index contributed by atoms with van der Waals surface area (Å²) in [5.74, 6) is -0.537. The number of rotatable bonds is 4. The number of amides is 1. The molecule has 0 aliphatic carbocycles. The molecule has 30 heavy (non-hydrogen) atoms. The van der Waals surface area contributed by atoms with Crippen molar-refractivity contribution in [3.63, 3.8) is 0 Å². The highest BCUT2D eigenvalue weighted by atomic mass is 32.1. The summed E-state index contributed by atoms with van der Waals surface area (Å²) in [5, 5.41) is 5.94. The predicted octanol–water partition coefficient (Wildman–Crippen LogP) is 3.16. The van der Waals surface area contributed by atoms with Crippen LogP contribution in [0.15, 0.2) is 36.7 Å². The molecular formula is C21H20FN5O2S. The van der Waals surface area contributed by atoms with Crippen LogP contribution in [0.1, 0.15) is 28.5 Å². The van der Waals surface area contributed by atoms with Gasteiger partial charge in [0.1, 0.15) is 11.5 Å². The second kappa shape index (κ2) is 7.42. The van der Waals surface area contributed by atoms with Crippen molar-refractivity contribution in [2.24, 2.45) is 0 Å². The van der Waals surface area contributed by atoms with Gasteiger partial charge in [-0.1, -0.05) is 17.4 Å². The van der Waals surface area contributed by atoms with Gasteiger partial charge in [-0.15, -0.1) is 0 Å². The molecule has 4 heterocycles. The zero-order valence-electron chi connectivity index (χ0n) is 16.5. The van der Waals surface area contributed by atoms with E-state index in [1.54, 1.807) is 38.6 Å². The van der Waals surface area contributed by atoms with E-state index in [1.165, 1.54) is 11.3 Å². The van der Waals surface area contributed by atoms with Crippen molar-refractivity contribution in [3.8, 4) is 11.3 Å². The fourth-order valence-corrected chi connectivity index (χ4v) is 4.89. The maximum absolute atomic E-state index is 14.9. The highest BCUT2D eigenvalue weighted by Gasteiger charge is 2.26. The number of halogens is 1. The van der Waals surface area contributed by atoms with Crippen LogP contribution in [0.5, 0.6) is 0 Å². The van der Waals surface area contributed by atoms with Crippen molar-refractivity contribution in [2.45, 2.75) is 18.6 Å². The molecule has 1 fully saturated rings. The summed E-state index contributed by atoms with van der Waals surface area (Å²) < 4.78 is 23.1. The van der Waals surface area contributed by atoms with Gasteiger partial charge < -0.3 is 15.4 Å². The van der Waals surface area contributed by atoms with Gasteiger partial charge in [-0.3, -0.25) is 9.20 Å². The zero-order valence-corrected chi connectivity index (χ0v) is 17.3. The lowest BCUT2D eigenvalue weighted by Gasteiger charge is -2.12. The molecule has 0 saturated carbocycles. The molecule has 2 atom stereocenters. The van der Waals surface area contributed by atoms with Gasteiger partial charge in [0, 0.05) is 38.5 Å². The number of imidazole rings is 1. The van der Waals surface area contributed by atoms with Crippen LogP contribution in [-0.4, -0.2) is 47.1 Å². The van der Waals surface area contributed by atoms with Gasteiger partial charge >= 0.3 is 0 Å². The van der Waals surface area contributed by atoms with Crippen LogP contribution >= 0.6 is 11.3 Å². The fraction of sp³-hybridized carbons (Fsp3) is 0.286. The smallest absolute Gasteiger partial charge is 0.269 e. The first kappa shape index (κ1) is 19.1. The van der Waals surface area contributed by atoms with Crippen molar-refractivity contribution < 1.29 is 13.9 Å². The topological polar surface area (TPSA) is 80.5 Å². The molecule has 1 amide bonds. The Balaban J connectivity index is 1.48. The number of methoxy groups -OCH3 is 1. The van der Waals surface area contributed by atoms with Crippen LogP contribution in [-0.2, 0) is 4.74 Å². The molecule has 1 aliphatic heterocycles. The number of hydrogen-bond donors (Lipinski definition) is 2. The molecule has 7 nitrogen and oxygen atoms in total. The third-order valence-electron chi connectivity index (χ3n) is 5.54. The van der Waals surface area contributed by atoms with E-state index in [1.807, 2.05) is 16.7 Å². The average molecular weight is 425 g/mol. The Morgan fingerprint density at radius 1 is 1.40 bits per heavy atom. The third-order valence-corrected chi connectivity index (χ3v) is 6.55. The maximum Gasteiger partial charge on any atom is 0.269 e. The van der Waals surface area contributed by atoms with Gasteiger partial charge in [0.15, 0.2) is 4.96 Å². The zero-order chi connectivity index (χ0) is 20.8. The largest absolute Gasteiger partial charge is 0.380 e. The molecule has 4 aromatic rings.